The Morgan fingerprint density at radius 2 is 1.76 bits per heavy atom. The highest BCUT2D eigenvalue weighted by atomic mass is 16.1. The van der Waals surface area contributed by atoms with Crippen molar-refractivity contribution >= 4 is 5.91 Å². The third kappa shape index (κ3) is 4.30. The van der Waals surface area contributed by atoms with Crippen LogP contribution in [-0.4, -0.2) is 36.0 Å². The van der Waals surface area contributed by atoms with Crippen LogP contribution in [0.1, 0.15) is 52.9 Å². The zero-order valence-corrected chi connectivity index (χ0v) is 11.5. The fraction of sp³-hybridized carbons (Fsp3) is 0.929. The summed E-state index contributed by atoms with van der Waals surface area (Å²) in [6, 6.07) is 1.29. The predicted octanol–water partition coefficient (Wildman–Crippen LogP) is 2.17. The van der Waals surface area contributed by atoms with Crippen molar-refractivity contribution in [3.05, 3.63) is 0 Å². The maximum Gasteiger partial charge on any atom is 0.220 e. The van der Waals surface area contributed by atoms with Gasteiger partial charge in [0.25, 0.3) is 0 Å². The molecule has 3 nitrogen and oxygen atoms in total. The molecule has 0 aromatic rings. The van der Waals surface area contributed by atoms with Crippen molar-refractivity contribution in [3.8, 4) is 0 Å². The second-order valence-electron chi connectivity index (χ2n) is 6.85. The lowest BCUT2D eigenvalue weighted by atomic mass is 9.91. The first-order chi connectivity index (χ1) is 7.94. The molecule has 2 fully saturated rings. The minimum atomic E-state index is 0.0960. The Bertz CT molecular complexity index is 270. The van der Waals surface area contributed by atoms with Crippen molar-refractivity contribution < 1.29 is 4.79 Å². The Morgan fingerprint density at radius 3 is 2.24 bits per heavy atom. The average molecular weight is 238 g/mol. The van der Waals surface area contributed by atoms with E-state index in [2.05, 4.69) is 31.0 Å². The molecule has 1 amide bonds. The standard InChI is InChI=1S/C14H26N2O/c1-14(2,3)10-13(17)15-11-6-8-16(9-7-11)12-4-5-12/h11-12H,4-10H2,1-3H3,(H,15,17). The van der Waals surface area contributed by atoms with Gasteiger partial charge in [-0.25, -0.2) is 0 Å². The van der Waals surface area contributed by atoms with E-state index in [1.165, 1.54) is 25.9 Å². The van der Waals surface area contributed by atoms with E-state index in [-0.39, 0.29) is 11.3 Å². The molecule has 2 aliphatic rings. The van der Waals surface area contributed by atoms with E-state index < -0.39 is 0 Å². The number of carbonyl (C=O) groups excluding carboxylic acids is 1. The third-order valence-corrected chi connectivity index (χ3v) is 3.65. The lowest BCUT2D eigenvalue weighted by Gasteiger charge is -2.32. The molecule has 0 bridgehead atoms. The first-order valence-electron chi connectivity index (χ1n) is 6.97. The van der Waals surface area contributed by atoms with Crippen LogP contribution in [0.3, 0.4) is 0 Å². The van der Waals surface area contributed by atoms with E-state index in [0.29, 0.717) is 12.5 Å². The number of nitrogens with zero attached hydrogens (tertiary/aromatic N) is 1. The van der Waals surface area contributed by atoms with Crippen LogP contribution in [0.25, 0.3) is 0 Å². The second kappa shape index (κ2) is 4.97. The molecule has 1 saturated carbocycles. The third-order valence-electron chi connectivity index (χ3n) is 3.65. The van der Waals surface area contributed by atoms with Gasteiger partial charge in [-0.15, -0.1) is 0 Å². The molecule has 1 N–H and O–H groups in total. The Labute approximate surface area is 105 Å². The van der Waals surface area contributed by atoms with Gasteiger partial charge >= 0.3 is 0 Å². The Hall–Kier alpha value is -0.570. The summed E-state index contributed by atoms with van der Waals surface area (Å²) in [5, 5.41) is 3.19. The summed E-state index contributed by atoms with van der Waals surface area (Å²) < 4.78 is 0. The lowest BCUT2D eigenvalue weighted by molar-refractivity contribution is -0.123. The highest BCUT2D eigenvalue weighted by Gasteiger charge is 2.32. The smallest absolute Gasteiger partial charge is 0.220 e. The molecule has 17 heavy (non-hydrogen) atoms. The SMILES string of the molecule is CC(C)(C)CC(=O)NC1CCN(C2CC2)CC1. The van der Waals surface area contributed by atoms with Crippen LogP contribution in [0.15, 0.2) is 0 Å². The first-order valence-corrected chi connectivity index (χ1v) is 6.97. The van der Waals surface area contributed by atoms with E-state index in [4.69, 9.17) is 0 Å². The van der Waals surface area contributed by atoms with Crippen LogP contribution in [0.5, 0.6) is 0 Å². The zero-order valence-electron chi connectivity index (χ0n) is 11.5. The van der Waals surface area contributed by atoms with Gasteiger partial charge < -0.3 is 10.2 Å². The van der Waals surface area contributed by atoms with Gasteiger partial charge in [-0.1, -0.05) is 20.8 Å². The van der Waals surface area contributed by atoms with Crippen molar-refractivity contribution in [2.75, 3.05) is 13.1 Å². The number of piperidine rings is 1. The summed E-state index contributed by atoms with van der Waals surface area (Å²) in [5.41, 5.74) is 0.0960. The molecule has 3 heteroatoms. The van der Waals surface area contributed by atoms with E-state index in [1.54, 1.807) is 0 Å². The van der Waals surface area contributed by atoms with E-state index in [9.17, 15) is 4.79 Å². The summed E-state index contributed by atoms with van der Waals surface area (Å²) in [7, 11) is 0. The largest absolute Gasteiger partial charge is 0.353 e. The second-order valence-corrected chi connectivity index (χ2v) is 6.85. The number of carbonyl (C=O) groups is 1. The summed E-state index contributed by atoms with van der Waals surface area (Å²) in [5.74, 6) is 0.224. The van der Waals surface area contributed by atoms with E-state index in [0.717, 1.165) is 18.9 Å². The van der Waals surface area contributed by atoms with Crippen LogP contribution >= 0.6 is 0 Å². The molecule has 0 atom stereocenters. The number of nitrogens with one attached hydrogen (secondary N) is 1. The summed E-state index contributed by atoms with van der Waals surface area (Å²) in [4.78, 5) is 14.4. The molecule has 1 aliphatic heterocycles. The molecule has 0 spiro atoms. The fourth-order valence-electron chi connectivity index (χ4n) is 2.61. The molecular formula is C14H26N2O. The van der Waals surface area contributed by atoms with E-state index >= 15 is 0 Å². The van der Waals surface area contributed by atoms with Crippen LogP contribution in [-0.2, 0) is 4.79 Å². The lowest BCUT2D eigenvalue weighted by Crippen LogP contribution is -2.45. The van der Waals surface area contributed by atoms with Gasteiger partial charge in [0.1, 0.15) is 0 Å². The monoisotopic (exact) mass is 238 g/mol. The van der Waals surface area contributed by atoms with Crippen molar-refractivity contribution in [1.82, 2.24) is 10.2 Å². The minimum absolute atomic E-state index is 0.0960. The summed E-state index contributed by atoms with van der Waals surface area (Å²) in [6.45, 7) is 8.68. The molecule has 0 unspecified atom stereocenters. The quantitative estimate of drug-likeness (QED) is 0.817. The average Bonchev–Trinajstić information content (AvgIpc) is 2.99. The number of likely N-dealkylation sites (tertiary alicyclic amines) is 1. The van der Waals surface area contributed by atoms with Crippen LogP contribution in [0.2, 0.25) is 0 Å². The molecule has 1 saturated heterocycles. The summed E-state index contributed by atoms with van der Waals surface area (Å²) in [6.07, 6.45) is 5.68. The van der Waals surface area contributed by atoms with Crippen LogP contribution < -0.4 is 5.32 Å². The number of hydrogen-bond donors (Lipinski definition) is 1. The van der Waals surface area contributed by atoms with Gasteiger partial charge in [0.15, 0.2) is 0 Å². The summed E-state index contributed by atoms with van der Waals surface area (Å²) >= 11 is 0. The molecule has 0 aromatic carbocycles. The maximum atomic E-state index is 11.8. The van der Waals surface area contributed by atoms with Crippen LogP contribution in [0.4, 0.5) is 0 Å². The molecule has 2 rings (SSSR count). The van der Waals surface area contributed by atoms with Crippen molar-refractivity contribution in [3.63, 3.8) is 0 Å². The molecule has 0 radical (unpaired) electrons. The van der Waals surface area contributed by atoms with Gasteiger partial charge in [-0.3, -0.25) is 4.79 Å². The molecular weight excluding hydrogens is 212 g/mol. The topological polar surface area (TPSA) is 32.3 Å². The van der Waals surface area contributed by atoms with Crippen molar-refractivity contribution in [1.29, 1.82) is 0 Å². The van der Waals surface area contributed by atoms with Crippen molar-refractivity contribution in [2.45, 2.75) is 65.0 Å². The highest BCUT2D eigenvalue weighted by molar-refractivity contribution is 5.76. The Kier molecular flexibility index (Phi) is 3.76. The number of rotatable bonds is 3. The van der Waals surface area contributed by atoms with E-state index in [1.807, 2.05) is 0 Å². The number of hydrogen-bond acceptors (Lipinski definition) is 2. The number of amides is 1. The molecule has 1 heterocycles. The fourth-order valence-corrected chi connectivity index (χ4v) is 2.61. The zero-order chi connectivity index (χ0) is 12.5. The highest BCUT2D eigenvalue weighted by Crippen LogP contribution is 2.29. The minimum Gasteiger partial charge on any atom is -0.353 e. The Balaban J connectivity index is 1.68. The van der Waals surface area contributed by atoms with Crippen molar-refractivity contribution in [2.24, 2.45) is 5.41 Å². The molecule has 98 valence electrons. The van der Waals surface area contributed by atoms with Gasteiger partial charge in [-0.05, 0) is 31.1 Å². The van der Waals surface area contributed by atoms with Gasteiger partial charge in [0.05, 0.1) is 0 Å². The first kappa shape index (κ1) is 12.9. The van der Waals surface area contributed by atoms with Gasteiger partial charge in [0, 0.05) is 31.6 Å². The van der Waals surface area contributed by atoms with Gasteiger partial charge in [0.2, 0.25) is 5.91 Å². The predicted molar refractivity (Wildman–Crippen MR) is 69.8 cm³/mol. The van der Waals surface area contributed by atoms with Gasteiger partial charge in [-0.2, -0.15) is 0 Å². The normalized spacial score (nSPS) is 23.7. The molecule has 0 aromatic heterocycles. The Morgan fingerprint density at radius 1 is 1.18 bits per heavy atom. The molecule has 1 aliphatic carbocycles. The van der Waals surface area contributed by atoms with Crippen LogP contribution in [0, 0.1) is 5.41 Å². The maximum absolute atomic E-state index is 11.8.